The van der Waals surface area contributed by atoms with Gasteiger partial charge in [-0.2, -0.15) is 0 Å². The van der Waals surface area contributed by atoms with Crippen LogP contribution in [0.5, 0.6) is 0 Å². The van der Waals surface area contributed by atoms with Gasteiger partial charge in [-0.05, 0) is 46.2 Å². The number of aliphatic hydroxyl groups excluding tert-OH is 1. The molecule has 0 aromatic carbocycles. The zero-order chi connectivity index (χ0) is 12.3. The minimum Gasteiger partial charge on any atom is -0.392 e. The van der Waals surface area contributed by atoms with Gasteiger partial charge in [0.25, 0.3) is 0 Å². The Hall–Kier alpha value is -0.120. The monoisotopic (exact) mass is 240 g/mol. The van der Waals surface area contributed by atoms with E-state index in [1.54, 1.807) is 0 Å². The largest absolute Gasteiger partial charge is 0.392 e. The van der Waals surface area contributed by atoms with Crippen LogP contribution in [0.1, 0.15) is 51.4 Å². The van der Waals surface area contributed by atoms with Crippen LogP contribution in [0.4, 0.5) is 0 Å². The number of likely N-dealkylation sites (N-methyl/N-ethyl adjacent to an activating group) is 1. The average Bonchev–Trinajstić information content (AvgIpc) is 2.42. The Bertz CT molecular complexity index is 238. The molecule has 0 aromatic heterocycles. The quantitative estimate of drug-likeness (QED) is 0.735. The first kappa shape index (κ1) is 13.3. The molecule has 2 aliphatic rings. The molecule has 2 atom stereocenters. The van der Waals surface area contributed by atoms with Gasteiger partial charge in [-0.3, -0.25) is 0 Å². The minimum atomic E-state index is -0.128. The molecule has 0 spiro atoms. The van der Waals surface area contributed by atoms with Crippen LogP contribution in [-0.2, 0) is 0 Å². The molecule has 2 saturated carbocycles. The fourth-order valence-corrected chi connectivity index (χ4v) is 3.21. The molecule has 0 aromatic rings. The highest BCUT2D eigenvalue weighted by molar-refractivity contribution is 4.98. The summed E-state index contributed by atoms with van der Waals surface area (Å²) in [5.74, 6) is 0. The standard InChI is InChI=1S/C14H28N2O/c1-16(2)14(9-6-10-14)11-15-12-7-4-3-5-8-13(12)17/h12-13,15,17H,3-11H2,1-2H3. The van der Waals surface area contributed by atoms with Crippen molar-refractivity contribution in [2.24, 2.45) is 0 Å². The van der Waals surface area contributed by atoms with Crippen LogP contribution in [0.2, 0.25) is 0 Å². The molecule has 3 nitrogen and oxygen atoms in total. The molecule has 2 fully saturated rings. The summed E-state index contributed by atoms with van der Waals surface area (Å²) < 4.78 is 0. The molecular weight excluding hydrogens is 212 g/mol. The first-order valence-corrected chi connectivity index (χ1v) is 7.23. The van der Waals surface area contributed by atoms with Crippen LogP contribution in [0, 0.1) is 0 Å². The predicted octanol–water partition coefficient (Wildman–Crippen LogP) is 1.75. The van der Waals surface area contributed by atoms with Crippen molar-refractivity contribution < 1.29 is 5.11 Å². The Morgan fingerprint density at radius 2 is 1.82 bits per heavy atom. The van der Waals surface area contributed by atoms with Gasteiger partial charge in [0, 0.05) is 18.1 Å². The van der Waals surface area contributed by atoms with Crippen LogP contribution in [-0.4, -0.2) is 48.3 Å². The van der Waals surface area contributed by atoms with E-state index in [4.69, 9.17) is 0 Å². The molecule has 2 aliphatic carbocycles. The third-order valence-corrected chi connectivity index (χ3v) is 4.91. The van der Waals surface area contributed by atoms with Gasteiger partial charge < -0.3 is 15.3 Å². The summed E-state index contributed by atoms with van der Waals surface area (Å²) in [5, 5.41) is 13.7. The summed E-state index contributed by atoms with van der Waals surface area (Å²) in [6.07, 6.45) is 9.70. The summed E-state index contributed by atoms with van der Waals surface area (Å²) >= 11 is 0. The first-order chi connectivity index (χ1) is 8.14. The van der Waals surface area contributed by atoms with Crippen LogP contribution in [0.25, 0.3) is 0 Å². The summed E-state index contributed by atoms with van der Waals surface area (Å²) in [6.45, 7) is 1.04. The minimum absolute atomic E-state index is 0.128. The first-order valence-electron chi connectivity index (χ1n) is 7.23. The Morgan fingerprint density at radius 3 is 2.41 bits per heavy atom. The highest BCUT2D eigenvalue weighted by Gasteiger charge is 2.39. The van der Waals surface area contributed by atoms with Crippen molar-refractivity contribution in [2.45, 2.75) is 69.1 Å². The second-order valence-corrected chi connectivity index (χ2v) is 6.17. The van der Waals surface area contributed by atoms with Gasteiger partial charge >= 0.3 is 0 Å². The number of rotatable bonds is 4. The number of aliphatic hydroxyl groups is 1. The highest BCUT2D eigenvalue weighted by Crippen LogP contribution is 2.35. The van der Waals surface area contributed by atoms with E-state index < -0.39 is 0 Å². The van der Waals surface area contributed by atoms with Crippen molar-refractivity contribution in [1.29, 1.82) is 0 Å². The molecule has 0 amide bonds. The highest BCUT2D eigenvalue weighted by atomic mass is 16.3. The number of hydrogen-bond donors (Lipinski definition) is 2. The molecule has 2 rings (SSSR count). The van der Waals surface area contributed by atoms with Crippen molar-refractivity contribution >= 4 is 0 Å². The van der Waals surface area contributed by atoms with Gasteiger partial charge in [0.2, 0.25) is 0 Å². The zero-order valence-corrected chi connectivity index (χ0v) is 11.4. The molecule has 0 aliphatic heterocycles. The molecule has 17 heavy (non-hydrogen) atoms. The summed E-state index contributed by atoms with van der Waals surface area (Å²) in [4.78, 5) is 2.37. The lowest BCUT2D eigenvalue weighted by Crippen LogP contribution is -2.58. The smallest absolute Gasteiger partial charge is 0.0693 e. The van der Waals surface area contributed by atoms with Crippen LogP contribution < -0.4 is 5.32 Å². The second-order valence-electron chi connectivity index (χ2n) is 6.17. The zero-order valence-electron chi connectivity index (χ0n) is 11.4. The average molecular weight is 240 g/mol. The predicted molar refractivity (Wildman–Crippen MR) is 71.2 cm³/mol. The molecule has 2 unspecified atom stereocenters. The molecule has 2 N–H and O–H groups in total. The van der Waals surface area contributed by atoms with Gasteiger partial charge in [0.1, 0.15) is 0 Å². The van der Waals surface area contributed by atoms with Crippen LogP contribution in [0.15, 0.2) is 0 Å². The van der Waals surface area contributed by atoms with Crippen LogP contribution in [0.3, 0.4) is 0 Å². The van der Waals surface area contributed by atoms with E-state index in [2.05, 4.69) is 24.3 Å². The lowest BCUT2D eigenvalue weighted by atomic mass is 9.75. The topological polar surface area (TPSA) is 35.5 Å². The van der Waals surface area contributed by atoms with E-state index in [-0.39, 0.29) is 6.10 Å². The number of nitrogens with zero attached hydrogens (tertiary/aromatic N) is 1. The van der Waals surface area contributed by atoms with E-state index in [1.807, 2.05) is 0 Å². The number of nitrogens with one attached hydrogen (secondary N) is 1. The Labute approximate surface area is 106 Å². The van der Waals surface area contributed by atoms with Gasteiger partial charge in [-0.1, -0.05) is 19.3 Å². The van der Waals surface area contributed by atoms with E-state index in [1.165, 1.54) is 38.5 Å². The Kier molecular flexibility index (Phi) is 4.45. The molecule has 0 bridgehead atoms. The lowest BCUT2D eigenvalue weighted by Gasteiger charge is -2.48. The molecule has 0 heterocycles. The third-order valence-electron chi connectivity index (χ3n) is 4.91. The second kappa shape index (κ2) is 5.68. The van der Waals surface area contributed by atoms with Gasteiger partial charge in [0.15, 0.2) is 0 Å². The molecule has 0 radical (unpaired) electrons. The fraction of sp³-hybridized carbons (Fsp3) is 1.00. The van der Waals surface area contributed by atoms with Gasteiger partial charge in [-0.15, -0.1) is 0 Å². The van der Waals surface area contributed by atoms with Gasteiger partial charge in [0.05, 0.1) is 6.10 Å². The maximum Gasteiger partial charge on any atom is 0.0693 e. The van der Waals surface area contributed by atoms with E-state index in [9.17, 15) is 5.11 Å². The van der Waals surface area contributed by atoms with Crippen molar-refractivity contribution in [3.05, 3.63) is 0 Å². The fourth-order valence-electron chi connectivity index (χ4n) is 3.21. The Balaban J connectivity index is 1.83. The summed E-state index contributed by atoms with van der Waals surface area (Å²) in [6, 6.07) is 0.329. The molecular formula is C14H28N2O. The molecule has 100 valence electrons. The van der Waals surface area contributed by atoms with E-state index in [0.717, 1.165) is 19.4 Å². The van der Waals surface area contributed by atoms with Crippen molar-refractivity contribution in [2.75, 3.05) is 20.6 Å². The van der Waals surface area contributed by atoms with Crippen molar-refractivity contribution in [3.63, 3.8) is 0 Å². The van der Waals surface area contributed by atoms with E-state index >= 15 is 0 Å². The van der Waals surface area contributed by atoms with E-state index in [0.29, 0.717) is 11.6 Å². The molecule has 3 heteroatoms. The maximum absolute atomic E-state index is 10.1. The van der Waals surface area contributed by atoms with Crippen molar-refractivity contribution in [3.8, 4) is 0 Å². The summed E-state index contributed by atoms with van der Waals surface area (Å²) in [5.41, 5.74) is 0.367. The third kappa shape index (κ3) is 3.01. The maximum atomic E-state index is 10.1. The lowest BCUT2D eigenvalue weighted by molar-refractivity contribution is 0.0448. The van der Waals surface area contributed by atoms with Crippen molar-refractivity contribution in [1.82, 2.24) is 10.2 Å². The summed E-state index contributed by atoms with van der Waals surface area (Å²) in [7, 11) is 4.37. The molecule has 0 saturated heterocycles. The number of hydrogen-bond acceptors (Lipinski definition) is 3. The normalized spacial score (nSPS) is 33.2. The SMILES string of the molecule is CN(C)C1(CNC2CCCCCC2O)CCC1. The van der Waals surface area contributed by atoms with Crippen LogP contribution >= 0.6 is 0 Å². The van der Waals surface area contributed by atoms with Gasteiger partial charge in [-0.25, -0.2) is 0 Å². The Morgan fingerprint density at radius 1 is 1.12 bits per heavy atom.